The third-order valence-corrected chi connectivity index (χ3v) is 3.18. The van der Waals surface area contributed by atoms with Gasteiger partial charge in [-0.15, -0.1) is 0 Å². The molecule has 0 amide bonds. The minimum atomic E-state index is 0.781. The first-order chi connectivity index (χ1) is 7.34. The van der Waals surface area contributed by atoms with E-state index in [4.69, 9.17) is 0 Å². The zero-order valence-corrected chi connectivity index (χ0v) is 9.03. The van der Waals surface area contributed by atoms with Gasteiger partial charge in [-0.05, 0) is 30.5 Å². The van der Waals surface area contributed by atoms with Crippen LogP contribution in [0.3, 0.4) is 0 Å². The van der Waals surface area contributed by atoms with Crippen LogP contribution in [0.25, 0.3) is 10.9 Å². The number of aryl methyl sites for hydroxylation is 1. The Kier molecular flexibility index (Phi) is 2.03. The zero-order chi connectivity index (χ0) is 10.3. The van der Waals surface area contributed by atoms with Crippen LogP contribution in [0.15, 0.2) is 30.5 Å². The largest absolute Gasteiger partial charge is 0.351 e. The highest BCUT2D eigenvalue weighted by Gasteiger charge is 2.20. The molecular formula is C13H16N2. The second kappa shape index (κ2) is 3.38. The van der Waals surface area contributed by atoms with E-state index in [0.29, 0.717) is 0 Å². The third-order valence-electron chi connectivity index (χ3n) is 3.18. The second-order valence-corrected chi connectivity index (χ2v) is 4.43. The molecule has 3 rings (SSSR count). The summed E-state index contributed by atoms with van der Waals surface area (Å²) in [6.07, 6.45) is 4.83. The van der Waals surface area contributed by atoms with Gasteiger partial charge in [0.25, 0.3) is 0 Å². The molecule has 2 aromatic rings. The van der Waals surface area contributed by atoms with Crippen molar-refractivity contribution in [1.29, 1.82) is 0 Å². The lowest BCUT2D eigenvalue weighted by atomic mass is 10.1. The van der Waals surface area contributed by atoms with Gasteiger partial charge in [0.1, 0.15) is 0 Å². The van der Waals surface area contributed by atoms with Crippen LogP contribution in [0.1, 0.15) is 18.4 Å². The van der Waals surface area contributed by atoms with Gasteiger partial charge in [-0.2, -0.15) is 0 Å². The highest BCUT2D eigenvalue weighted by molar-refractivity contribution is 5.83. The molecule has 0 spiro atoms. The molecule has 1 fully saturated rings. The quantitative estimate of drug-likeness (QED) is 0.805. The average molecular weight is 200 g/mol. The Labute approximate surface area is 89.9 Å². The lowest BCUT2D eigenvalue weighted by molar-refractivity contribution is 0.691. The fourth-order valence-electron chi connectivity index (χ4n) is 2.06. The molecule has 1 aromatic carbocycles. The summed E-state index contributed by atoms with van der Waals surface area (Å²) in [5.41, 5.74) is 2.74. The summed E-state index contributed by atoms with van der Waals surface area (Å²) in [6.45, 7) is 1.01. The van der Waals surface area contributed by atoms with Gasteiger partial charge in [0, 0.05) is 36.7 Å². The maximum Gasteiger partial charge on any atom is 0.0480 e. The van der Waals surface area contributed by atoms with Crippen molar-refractivity contribution in [3.63, 3.8) is 0 Å². The maximum atomic E-state index is 3.57. The molecule has 0 bridgehead atoms. The molecule has 1 N–H and O–H groups in total. The molecule has 0 radical (unpaired) electrons. The van der Waals surface area contributed by atoms with Crippen molar-refractivity contribution in [3.05, 3.63) is 36.0 Å². The Morgan fingerprint density at radius 1 is 1.33 bits per heavy atom. The fraction of sp³-hybridized carbons (Fsp3) is 0.385. The van der Waals surface area contributed by atoms with Crippen molar-refractivity contribution in [2.24, 2.45) is 7.05 Å². The summed E-state index contributed by atoms with van der Waals surface area (Å²) in [5.74, 6) is 0. The van der Waals surface area contributed by atoms with Gasteiger partial charge in [-0.3, -0.25) is 0 Å². The molecule has 1 aliphatic carbocycles. The number of rotatable bonds is 3. The van der Waals surface area contributed by atoms with Crippen molar-refractivity contribution >= 4 is 10.9 Å². The first kappa shape index (κ1) is 8.98. The molecule has 0 saturated heterocycles. The first-order valence-corrected chi connectivity index (χ1v) is 5.61. The molecule has 2 nitrogen and oxygen atoms in total. The van der Waals surface area contributed by atoms with Crippen LogP contribution in [0.4, 0.5) is 0 Å². The van der Waals surface area contributed by atoms with Crippen LogP contribution in [0, 0.1) is 0 Å². The second-order valence-electron chi connectivity index (χ2n) is 4.43. The topological polar surface area (TPSA) is 17.0 Å². The fourth-order valence-corrected chi connectivity index (χ4v) is 2.06. The summed E-state index contributed by atoms with van der Waals surface area (Å²) in [6, 6.07) is 9.53. The minimum absolute atomic E-state index is 0.781. The summed E-state index contributed by atoms with van der Waals surface area (Å²) < 4.78 is 2.18. The molecule has 1 aliphatic rings. The van der Waals surface area contributed by atoms with Gasteiger partial charge in [-0.1, -0.05) is 12.1 Å². The monoisotopic (exact) mass is 200 g/mol. The number of nitrogens with one attached hydrogen (secondary N) is 1. The maximum absolute atomic E-state index is 3.57. The lowest BCUT2D eigenvalue weighted by Gasteiger charge is -2.05. The van der Waals surface area contributed by atoms with Crippen LogP contribution in [-0.4, -0.2) is 10.6 Å². The van der Waals surface area contributed by atoms with Crippen LogP contribution in [-0.2, 0) is 13.6 Å². The van der Waals surface area contributed by atoms with Crippen LogP contribution < -0.4 is 5.32 Å². The van der Waals surface area contributed by atoms with Crippen molar-refractivity contribution < 1.29 is 0 Å². The Bertz CT molecular complexity index is 480. The minimum Gasteiger partial charge on any atom is -0.351 e. The molecule has 0 atom stereocenters. The first-order valence-electron chi connectivity index (χ1n) is 5.61. The molecular weight excluding hydrogens is 184 g/mol. The Balaban J connectivity index is 1.94. The number of nitrogens with zero attached hydrogens (tertiary/aromatic N) is 1. The molecule has 0 unspecified atom stereocenters. The molecule has 1 heterocycles. The summed E-state index contributed by atoms with van der Waals surface area (Å²) in [5, 5.41) is 4.95. The Hall–Kier alpha value is -1.28. The van der Waals surface area contributed by atoms with Crippen molar-refractivity contribution in [2.45, 2.75) is 25.4 Å². The van der Waals surface area contributed by atoms with E-state index in [-0.39, 0.29) is 0 Å². The van der Waals surface area contributed by atoms with E-state index in [2.05, 4.69) is 47.4 Å². The number of hydrogen-bond donors (Lipinski definition) is 1. The van der Waals surface area contributed by atoms with Gasteiger partial charge >= 0.3 is 0 Å². The smallest absolute Gasteiger partial charge is 0.0480 e. The zero-order valence-electron chi connectivity index (χ0n) is 9.03. The van der Waals surface area contributed by atoms with Crippen molar-refractivity contribution in [1.82, 2.24) is 9.88 Å². The number of hydrogen-bond acceptors (Lipinski definition) is 1. The highest BCUT2D eigenvalue weighted by atomic mass is 14.9. The van der Waals surface area contributed by atoms with Crippen molar-refractivity contribution in [3.8, 4) is 0 Å². The summed E-state index contributed by atoms with van der Waals surface area (Å²) in [7, 11) is 2.10. The predicted octanol–water partition coefficient (Wildman–Crippen LogP) is 2.43. The average Bonchev–Trinajstić information content (AvgIpc) is 3.01. The van der Waals surface area contributed by atoms with E-state index in [1.54, 1.807) is 0 Å². The van der Waals surface area contributed by atoms with E-state index in [1.807, 2.05) is 0 Å². The van der Waals surface area contributed by atoms with Gasteiger partial charge in [-0.25, -0.2) is 0 Å². The normalized spacial score (nSPS) is 16.1. The van der Waals surface area contributed by atoms with E-state index in [1.165, 1.54) is 29.3 Å². The molecule has 2 heteroatoms. The van der Waals surface area contributed by atoms with Gasteiger partial charge in [0.05, 0.1) is 0 Å². The third kappa shape index (κ3) is 1.65. The summed E-state index contributed by atoms with van der Waals surface area (Å²) in [4.78, 5) is 0. The van der Waals surface area contributed by atoms with E-state index < -0.39 is 0 Å². The van der Waals surface area contributed by atoms with Gasteiger partial charge in [0.2, 0.25) is 0 Å². The number of aromatic nitrogens is 1. The molecule has 1 aromatic heterocycles. The van der Waals surface area contributed by atoms with Crippen LogP contribution in [0.2, 0.25) is 0 Å². The highest BCUT2D eigenvalue weighted by Crippen LogP contribution is 2.22. The standard InChI is InChI=1S/C13H16N2/c1-15-8-7-12-10(3-2-4-13(12)15)9-14-11-5-6-11/h2-4,7-8,11,14H,5-6,9H2,1H3. The molecule has 78 valence electrons. The predicted molar refractivity (Wildman–Crippen MR) is 62.8 cm³/mol. The van der Waals surface area contributed by atoms with E-state index in [0.717, 1.165) is 12.6 Å². The van der Waals surface area contributed by atoms with Crippen LogP contribution in [0.5, 0.6) is 0 Å². The summed E-state index contributed by atoms with van der Waals surface area (Å²) >= 11 is 0. The van der Waals surface area contributed by atoms with Gasteiger partial charge < -0.3 is 9.88 Å². The number of benzene rings is 1. The van der Waals surface area contributed by atoms with E-state index >= 15 is 0 Å². The van der Waals surface area contributed by atoms with Crippen molar-refractivity contribution in [2.75, 3.05) is 0 Å². The number of fused-ring (bicyclic) bond motifs is 1. The van der Waals surface area contributed by atoms with Crippen LogP contribution >= 0.6 is 0 Å². The molecule has 1 saturated carbocycles. The SMILES string of the molecule is Cn1ccc2c(CNC3CC3)cccc21. The van der Waals surface area contributed by atoms with E-state index in [9.17, 15) is 0 Å². The Morgan fingerprint density at radius 3 is 3.00 bits per heavy atom. The molecule has 15 heavy (non-hydrogen) atoms. The van der Waals surface area contributed by atoms with Gasteiger partial charge in [0.15, 0.2) is 0 Å². The Morgan fingerprint density at radius 2 is 2.20 bits per heavy atom. The lowest BCUT2D eigenvalue weighted by Crippen LogP contribution is -2.15. The molecule has 0 aliphatic heterocycles.